The number of aromatic carboxylic acids is 1. The van der Waals surface area contributed by atoms with E-state index in [-0.39, 0.29) is 28.7 Å². The van der Waals surface area contributed by atoms with Crippen LogP contribution in [0.2, 0.25) is 0 Å². The van der Waals surface area contributed by atoms with E-state index in [1.54, 1.807) is 6.07 Å². The van der Waals surface area contributed by atoms with Gasteiger partial charge in [0.05, 0.1) is 0 Å². The summed E-state index contributed by atoms with van der Waals surface area (Å²) < 4.78 is 0. The highest BCUT2D eigenvalue weighted by molar-refractivity contribution is 5.97. The van der Waals surface area contributed by atoms with Crippen LogP contribution in [-0.2, 0) is 0 Å². The van der Waals surface area contributed by atoms with Gasteiger partial charge in [0, 0.05) is 17.4 Å². The first-order valence-electron chi connectivity index (χ1n) is 4.13. The molecule has 0 saturated heterocycles. The summed E-state index contributed by atoms with van der Waals surface area (Å²) in [6.45, 7) is 0. The highest BCUT2D eigenvalue weighted by Crippen LogP contribution is 2.24. The van der Waals surface area contributed by atoms with Gasteiger partial charge in [0.2, 0.25) is 0 Å². The first-order chi connectivity index (χ1) is 6.68. The summed E-state index contributed by atoms with van der Waals surface area (Å²) in [5, 5.41) is 19.8. The Hall–Kier alpha value is -1.50. The van der Waals surface area contributed by atoms with Crippen LogP contribution in [0.5, 0.6) is 5.75 Å². The molecule has 0 unspecified atom stereocenters. The van der Waals surface area contributed by atoms with Crippen molar-refractivity contribution in [1.29, 1.82) is 0 Å². The van der Waals surface area contributed by atoms with Gasteiger partial charge in [-0.1, -0.05) is 24.3 Å². The minimum absolute atomic E-state index is 0. The van der Waals surface area contributed by atoms with Crippen molar-refractivity contribution < 1.29 is 15.0 Å². The maximum absolute atomic E-state index is 10.7. The summed E-state index contributed by atoms with van der Waals surface area (Å²) in [4.78, 5) is 10.7. The van der Waals surface area contributed by atoms with Gasteiger partial charge in [-0.15, -0.1) is 0 Å². The lowest BCUT2D eigenvalue weighted by Crippen LogP contribution is -1.96. The number of hydrogen-bond acceptors (Lipinski definition) is 2. The molecular formula is C11H8AlO3. The number of benzene rings is 2. The zero-order valence-electron chi connectivity index (χ0n) is 7.84. The van der Waals surface area contributed by atoms with Gasteiger partial charge >= 0.3 is 5.97 Å². The Bertz CT molecular complexity index is 508. The number of carbonyl (C=O) groups is 1. The Morgan fingerprint density at radius 2 is 1.60 bits per heavy atom. The van der Waals surface area contributed by atoms with Crippen LogP contribution in [0.1, 0.15) is 10.4 Å². The lowest BCUT2D eigenvalue weighted by Gasteiger charge is -2.02. The molecule has 0 aromatic heterocycles. The molecule has 2 rings (SSSR count). The number of hydrogen-bond donors (Lipinski definition) is 2. The fourth-order valence-corrected chi connectivity index (χ4v) is 1.40. The molecule has 0 aliphatic rings. The third-order valence-corrected chi connectivity index (χ3v) is 2.09. The molecule has 73 valence electrons. The smallest absolute Gasteiger partial charge is 0.339 e. The van der Waals surface area contributed by atoms with E-state index in [9.17, 15) is 9.90 Å². The van der Waals surface area contributed by atoms with Crippen molar-refractivity contribution >= 4 is 34.1 Å². The van der Waals surface area contributed by atoms with Crippen molar-refractivity contribution in [2.45, 2.75) is 0 Å². The predicted molar refractivity (Wildman–Crippen MR) is 58.3 cm³/mol. The summed E-state index contributed by atoms with van der Waals surface area (Å²) in [6, 6.07) is 10.2. The van der Waals surface area contributed by atoms with E-state index in [1.165, 1.54) is 12.1 Å². The minimum Gasteiger partial charge on any atom is -0.507 e. The molecule has 0 aliphatic carbocycles. The average Bonchev–Trinajstić information content (AvgIpc) is 2.16. The van der Waals surface area contributed by atoms with Crippen LogP contribution in [0.3, 0.4) is 0 Å². The number of rotatable bonds is 1. The molecule has 15 heavy (non-hydrogen) atoms. The van der Waals surface area contributed by atoms with E-state index < -0.39 is 5.97 Å². The molecule has 0 aliphatic heterocycles. The molecule has 0 bridgehead atoms. The third-order valence-electron chi connectivity index (χ3n) is 2.09. The van der Waals surface area contributed by atoms with Crippen LogP contribution in [0, 0.1) is 0 Å². The predicted octanol–water partition coefficient (Wildman–Crippen LogP) is 1.86. The van der Waals surface area contributed by atoms with E-state index in [4.69, 9.17) is 5.11 Å². The monoisotopic (exact) mass is 215 g/mol. The van der Waals surface area contributed by atoms with Crippen LogP contribution in [0.15, 0.2) is 36.4 Å². The molecule has 0 amide bonds. The van der Waals surface area contributed by atoms with E-state index in [1.807, 2.05) is 18.2 Å². The fourth-order valence-electron chi connectivity index (χ4n) is 1.40. The maximum Gasteiger partial charge on any atom is 0.339 e. The second-order valence-electron chi connectivity index (χ2n) is 3.02. The Balaban J connectivity index is 0.00000112. The summed E-state index contributed by atoms with van der Waals surface area (Å²) in [5.41, 5.74) is -0.0660. The quantitative estimate of drug-likeness (QED) is 0.714. The molecule has 3 nitrogen and oxygen atoms in total. The molecule has 0 saturated carbocycles. The van der Waals surface area contributed by atoms with E-state index >= 15 is 0 Å². The van der Waals surface area contributed by atoms with E-state index in [2.05, 4.69) is 0 Å². The fraction of sp³-hybridized carbons (Fsp3) is 0. The molecule has 0 heterocycles. The molecule has 0 spiro atoms. The Labute approximate surface area is 97.1 Å². The Morgan fingerprint density at radius 1 is 1.07 bits per heavy atom. The summed E-state index contributed by atoms with van der Waals surface area (Å²) >= 11 is 0. The van der Waals surface area contributed by atoms with Crippen molar-refractivity contribution in [3.63, 3.8) is 0 Å². The van der Waals surface area contributed by atoms with Crippen molar-refractivity contribution in [3.05, 3.63) is 42.0 Å². The lowest BCUT2D eigenvalue weighted by molar-refractivity contribution is 0.0694. The SMILES string of the molecule is O=C(O)c1cc2ccccc2cc1O.[Al]. The minimum atomic E-state index is -1.12. The van der Waals surface area contributed by atoms with Gasteiger partial charge in [-0.05, 0) is 22.9 Å². The van der Waals surface area contributed by atoms with Crippen molar-refractivity contribution in [2.75, 3.05) is 0 Å². The molecule has 0 fully saturated rings. The zero-order valence-corrected chi connectivity index (χ0v) is 9.00. The van der Waals surface area contributed by atoms with Gasteiger partial charge in [0.25, 0.3) is 0 Å². The van der Waals surface area contributed by atoms with E-state index in [0.717, 1.165) is 10.8 Å². The van der Waals surface area contributed by atoms with Crippen LogP contribution in [-0.4, -0.2) is 33.5 Å². The highest BCUT2D eigenvalue weighted by Gasteiger charge is 2.09. The van der Waals surface area contributed by atoms with Gasteiger partial charge in [0.15, 0.2) is 0 Å². The second kappa shape index (κ2) is 4.35. The van der Waals surface area contributed by atoms with Crippen molar-refractivity contribution in [3.8, 4) is 5.75 Å². The molecule has 2 N–H and O–H groups in total. The molecule has 0 atom stereocenters. The molecular weight excluding hydrogens is 207 g/mol. The number of aromatic hydroxyl groups is 1. The average molecular weight is 215 g/mol. The number of carboxylic acids is 1. The molecule has 2 aromatic carbocycles. The first kappa shape index (κ1) is 11.6. The topological polar surface area (TPSA) is 57.5 Å². The highest BCUT2D eigenvalue weighted by atomic mass is 27.0. The number of phenols is 1. The van der Waals surface area contributed by atoms with Crippen molar-refractivity contribution in [1.82, 2.24) is 0 Å². The van der Waals surface area contributed by atoms with Crippen LogP contribution in [0.25, 0.3) is 10.8 Å². The Morgan fingerprint density at radius 3 is 2.13 bits per heavy atom. The van der Waals surface area contributed by atoms with Crippen LogP contribution >= 0.6 is 0 Å². The standard InChI is InChI=1S/C11H8O3.Al/c12-10-6-8-4-2-1-3-7(8)5-9(10)11(13)14;/h1-6,12H,(H,13,14);. The van der Waals surface area contributed by atoms with Gasteiger partial charge in [-0.25, -0.2) is 4.79 Å². The molecule has 2 aromatic rings. The van der Waals surface area contributed by atoms with Gasteiger partial charge in [0.1, 0.15) is 11.3 Å². The molecule has 3 radical (unpaired) electrons. The van der Waals surface area contributed by atoms with Gasteiger partial charge in [-0.3, -0.25) is 0 Å². The van der Waals surface area contributed by atoms with E-state index in [0.29, 0.717) is 0 Å². The normalized spacial score (nSPS) is 9.60. The lowest BCUT2D eigenvalue weighted by atomic mass is 10.1. The number of fused-ring (bicyclic) bond motifs is 1. The second-order valence-corrected chi connectivity index (χ2v) is 3.02. The summed E-state index contributed by atoms with van der Waals surface area (Å²) in [7, 11) is 0. The first-order valence-corrected chi connectivity index (χ1v) is 4.13. The summed E-state index contributed by atoms with van der Waals surface area (Å²) in [6.07, 6.45) is 0. The van der Waals surface area contributed by atoms with Crippen LogP contribution < -0.4 is 0 Å². The van der Waals surface area contributed by atoms with Gasteiger partial charge < -0.3 is 10.2 Å². The van der Waals surface area contributed by atoms with Crippen molar-refractivity contribution in [2.24, 2.45) is 0 Å². The third kappa shape index (κ3) is 2.12. The summed E-state index contributed by atoms with van der Waals surface area (Å²) in [5.74, 6) is -1.32. The Kier molecular flexibility index (Phi) is 3.36. The zero-order chi connectivity index (χ0) is 10.1. The van der Waals surface area contributed by atoms with Crippen LogP contribution in [0.4, 0.5) is 0 Å². The largest absolute Gasteiger partial charge is 0.507 e. The number of carboxylic acid groups (broad SMARTS) is 1. The maximum atomic E-state index is 10.7. The van der Waals surface area contributed by atoms with Gasteiger partial charge in [-0.2, -0.15) is 0 Å². The molecule has 4 heteroatoms.